The van der Waals surface area contributed by atoms with Gasteiger partial charge in [-0.15, -0.1) is 0 Å². The van der Waals surface area contributed by atoms with Crippen LogP contribution in [0.5, 0.6) is 0 Å². The van der Waals surface area contributed by atoms with E-state index in [2.05, 4.69) is 55.4 Å². The van der Waals surface area contributed by atoms with E-state index in [9.17, 15) is 0 Å². The fourth-order valence-electron chi connectivity index (χ4n) is 4.10. The van der Waals surface area contributed by atoms with Gasteiger partial charge in [0.05, 0.1) is 0 Å². The molecule has 2 aliphatic carbocycles. The molecule has 0 spiro atoms. The van der Waals surface area contributed by atoms with Gasteiger partial charge in [0.15, 0.2) is 0 Å². The normalized spacial score (nSPS) is 41.1. The van der Waals surface area contributed by atoms with Crippen LogP contribution in [0.4, 0.5) is 0 Å². The zero-order valence-corrected chi connectivity index (χ0v) is 21.3. The molecular weight excluding hydrogens is 402 g/mol. The molecule has 8 unspecified atom stereocenters. The molecule has 0 aliphatic heterocycles. The Morgan fingerprint density at radius 1 is 0.522 bits per heavy atom. The average Bonchev–Trinajstić information content (AvgIpc) is 2.77. The first-order valence-corrected chi connectivity index (χ1v) is 15.0. The third-order valence-electron chi connectivity index (χ3n) is 6.74. The zero-order chi connectivity index (χ0) is 16.7. The molecule has 3 heteroatoms. The van der Waals surface area contributed by atoms with Gasteiger partial charge < -0.3 is 14.9 Å². The minimum absolute atomic E-state index is 0. The summed E-state index contributed by atoms with van der Waals surface area (Å²) < 4.78 is 0. The van der Waals surface area contributed by atoms with Crippen LogP contribution in [0.3, 0.4) is 0 Å². The maximum absolute atomic E-state index is 4.93. The van der Waals surface area contributed by atoms with Crippen molar-refractivity contribution >= 4 is 17.0 Å². The van der Waals surface area contributed by atoms with Crippen LogP contribution in [-0.2, 0) is 20.8 Å². The number of hydrogen-bond donors (Lipinski definition) is 0. The Balaban J connectivity index is -0.000000277. The Hall–Kier alpha value is 1.46. The third-order valence-corrected chi connectivity index (χ3v) is 6.74. The van der Waals surface area contributed by atoms with Crippen molar-refractivity contribution in [1.82, 2.24) is 0 Å². The molecule has 0 radical (unpaired) electrons. The Bertz CT molecular complexity index is 222. The van der Waals surface area contributed by atoms with E-state index in [1.165, 1.54) is 12.8 Å². The Kier molecular flexibility index (Phi) is 18.6. The van der Waals surface area contributed by atoms with E-state index in [4.69, 9.17) is 17.0 Å². The van der Waals surface area contributed by atoms with Gasteiger partial charge in [0.25, 0.3) is 0 Å². The summed E-state index contributed by atoms with van der Waals surface area (Å²) in [5.74, 6) is 7.70. The van der Waals surface area contributed by atoms with E-state index in [1.54, 1.807) is 0 Å². The van der Waals surface area contributed by atoms with Gasteiger partial charge in [-0.3, -0.25) is 0 Å². The van der Waals surface area contributed by atoms with Gasteiger partial charge in [-0.2, -0.15) is 0 Å². The fraction of sp³-hybridized carbons (Fsp3) is 0.900. The van der Waals surface area contributed by atoms with Crippen LogP contribution in [0, 0.1) is 62.2 Å². The van der Waals surface area contributed by atoms with Crippen molar-refractivity contribution in [3.8, 4) is 0 Å². The molecule has 0 amide bonds. The second-order valence-corrected chi connectivity index (χ2v) is 11.6. The summed E-state index contributed by atoms with van der Waals surface area (Å²) >= 11 is -0.826. The molecule has 2 saturated carbocycles. The van der Waals surface area contributed by atoms with Gasteiger partial charge >= 0.3 is 37.9 Å². The van der Waals surface area contributed by atoms with Gasteiger partial charge in [-0.25, -0.2) is 0 Å². The minimum atomic E-state index is -0.826. The van der Waals surface area contributed by atoms with E-state index >= 15 is 0 Å². The molecule has 2 rings (SSSR count). The molecule has 2 aliphatic rings. The first-order valence-electron chi connectivity index (χ1n) is 8.63. The van der Waals surface area contributed by atoms with E-state index in [0.29, 0.717) is 0 Å². The quantitative estimate of drug-likeness (QED) is 0.331. The van der Waals surface area contributed by atoms with Gasteiger partial charge in [-0.05, 0) is 60.2 Å². The van der Waals surface area contributed by atoms with Crippen LogP contribution >= 0.6 is 17.0 Å². The first kappa shape index (κ1) is 29.2. The van der Waals surface area contributed by atoms with Crippen LogP contribution < -0.4 is 0 Å². The first-order chi connectivity index (χ1) is 9.67. The Morgan fingerprint density at radius 2 is 0.652 bits per heavy atom. The van der Waals surface area contributed by atoms with Crippen molar-refractivity contribution in [1.29, 1.82) is 0 Å². The molecule has 0 aromatic heterocycles. The SMILES string of the molecule is CC1CC(C)C(C)C1C.CC1CC(C)C(C)C1C.[CH3-].[CH3-].[Cl][Zr+2][Cl]. The molecule has 23 heavy (non-hydrogen) atoms. The van der Waals surface area contributed by atoms with Gasteiger partial charge in [0.1, 0.15) is 0 Å². The second-order valence-electron chi connectivity index (χ2n) is 7.89. The second kappa shape index (κ2) is 14.6. The van der Waals surface area contributed by atoms with Crippen molar-refractivity contribution in [3.63, 3.8) is 0 Å². The monoisotopic (exact) mass is 442 g/mol. The van der Waals surface area contributed by atoms with Crippen LogP contribution in [0.2, 0.25) is 0 Å². The molecule has 0 nitrogen and oxygen atoms in total. The van der Waals surface area contributed by atoms with Crippen molar-refractivity contribution in [2.75, 3.05) is 0 Å². The van der Waals surface area contributed by atoms with Crippen LogP contribution in [0.15, 0.2) is 0 Å². The topological polar surface area (TPSA) is 0 Å². The summed E-state index contributed by atoms with van der Waals surface area (Å²) in [5.41, 5.74) is 0. The molecule has 8 atom stereocenters. The number of rotatable bonds is 0. The number of hydrogen-bond acceptors (Lipinski definition) is 0. The summed E-state index contributed by atoms with van der Waals surface area (Å²) in [4.78, 5) is 0. The van der Waals surface area contributed by atoms with E-state index in [-0.39, 0.29) is 14.9 Å². The summed E-state index contributed by atoms with van der Waals surface area (Å²) in [6, 6.07) is 0. The molecule has 2 fully saturated rings. The fourth-order valence-corrected chi connectivity index (χ4v) is 4.10. The average molecular weight is 445 g/mol. The molecule has 140 valence electrons. The summed E-state index contributed by atoms with van der Waals surface area (Å²) in [7, 11) is 9.87. The van der Waals surface area contributed by atoms with Crippen LogP contribution in [0.25, 0.3) is 0 Å². The van der Waals surface area contributed by atoms with Gasteiger partial charge in [0.2, 0.25) is 0 Å². The molecule has 0 N–H and O–H groups in total. The molecule has 0 aromatic rings. The van der Waals surface area contributed by atoms with Gasteiger partial charge in [0, 0.05) is 0 Å². The molecule has 0 saturated heterocycles. The van der Waals surface area contributed by atoms with Crippen molar-refractivity contribution in [2.24, 2.45) is 47.3 Å². The van der Waals surface area contributed by atoms with Crippen molar-refractivity contribution in [3.05, 3.63) is 14.9 Å². The predicted octanol–water partition coefficient (Wildman–Crippen LogP) is 8.15. The van der Waals surface area contributed by atoms with E-state index in [1.807, 2.05) is 0 Å². The zero-order valence-electron chi connectivity index (χ0n) is 17.3. The van der Waals surface area contributed by atoms with Crippen LogP contribution in [0.1, 0.15) is 68.2 Å². The van der Waals surface area contributed by atoms with Crippen LogP contribution in [-0.4, -0.2) is 0 Å². The maximum atomic E-state index is 4.93. The predicted molar refractivity (Wildman–Crippen MR) is 107 cm³/mol. The summed E-state index contributed by atoms with van der Waals surface area (Å²) in [6.45, 7) is 19.1. The van der Waals surface area contributed by atoms with Crippen molar-refractivity contribution in [2.45, 2.75) is 68.2 Å². The number of halogens is 2. The third kappa shape index (κ3) is 9.65. The Labute approximate surface area is 167 Å². The molecule has 0 bridgehead atoms. The molecule has 0 aromatic carbocycles. The molecule has 0 heterocycles. The van der Waals surface area contributed by atoms with E-state index < -0.39 is 20.8 Å². The molecular formula is C20H42Cl2Zr. The standard InChI is InChI=1S/2C9H18.2CH3.2ClH.Zr/c2*1-6-5-7(2)9(4)8(6)3;;;;;/h2*6-9H,5H2,1-4H3;2*1H3;2*1H;/q;;2*-1;;;+4/p-2. The van der Waals surface area contributed by atoms with E-state index in [0.717, 1.165) is 47.3 Å². The Morgan fingerprint density at radius 3 is 0.696 bits per heavy atom. The summed E-state index contributed by atoms with van der Waals surface area (Å²) in [5, 5.41) is 0. The van der Waals surface area contributed by atoms with Gasteiger partial charge in [-0.1, -0.05) is 55.4 Å². The summed E-state index contributed by atoms with van der Waals surface area (Å²) in [6.07, 6.45) is 2.89. The van der Waals surface area contributed by atoms with Crippen molar-refractivity contribution < 1.29 is 20.8 Å².